The van der Waals surface area contributed by atoms with E-state index in [4.69, 9.17) is 0 Å². The van der Waals surface area contributed by atoms with Gasteiger partial charge < -0.3 is 9.64 Å². The second kappa shape index (κ2) is 5.73. The Morgan fingerprint density at radius 3 is 2.73 bits per heavy atom. The Morgan fingerprint density at radius 2 is 2.13 bits per heavy atom. The molecule has 0 aromatic carbocycles. The first-order valence-corrected chi connectivity index (χ1v) is 5.65. The highest BCUT2D eigenvalue weighted by atomic mass is 16.5. The number of hydrogen-bond acceptors (Lipinski definition) is 3. The van der Waals surface area contributed by atoms with Crippen molar-refractivity contribution in [3.05, 3.63) is 0 Å². The van der Waals surface area contributed by atoms with Gasteiger partial charge in [-0.05, 0) is 25.7 Å². The van der Waals surface area contributed by atoms with Crippen LogP contribution in [0.2, 0.25) is 0 Å². The topological polar surface area (TPSA) is 46.6 Å². The maximum atomic E-state index is 11.5. The molecule has 0 N–H and O–H groups in total. The molecule has 86 valence electrons. The minimum atomic E-state index is -0.713. The van der Waals surface area contributed by atoms with Gasteiger partial charge in [0.2, 0.25) is 0 Å². The minimum Gasteiger partial charge on any atom is -0.459 e. The summed E-state index contributed by atoms with van der Waals surface area (Å²) in [6.45, 7) is 5.51. The number of hydrogen-bond donors (Lipinski definition) is 0. The summed E-state index contributed by atoms with van der Waals surface area (Å²) in [5.74, 6) is -0.626. The molecule has 1 saturated heterocycles. The maximum Gasteiger partial charge on any atom is 0.397 e. The van der Waals surface area contributed by atoms with E-state index in [0.29, 0.717) is 19.0 Å². The number of nitrogens with zero attached hydrogens (tertiary/aromatic N) is 1. The number of amides is 1. The van der Waals surface area contributed by atoms with Crippen molar-refractivity contribution in [1.29, 1.82) is 0 Å². The molecule has 0 aliphatic carbocycles. The molecule has 0 aromatic heterocycles. The smallest absolute Gasteiger partial charge is 0.397 e. The van der Waals surface area contributed by atoms with E-state index < -0.39 is 11.9 Å². The SMILES string of the molecule is CCCC1CCN(C(=O)C(=O)OCC)C1. The Hall–Kier alpha value is -1.06. The highest BCUT2D eigenvalue weighted by molar-refractivity contribution is 6.32. The van der Waals surface area contributed by atoms with E-state index in [1.54, 1.807) is 11.8 Å². The van der Waals surface area contributed by atoms with Crippen LogP contribution in [0.1, 0.15) is 33.1 Å². The van der Waals surface area contributed by atoms with E-state index in [9.17, 15) is 9.59 Å². The number of likely N-dealkylation sites (tertiary alicyclic amines) is 1. The van der Waals surface area contributed by atoms with Crippen LogP contribution in [0.15, 0.2) is 0 Å². The summed E-state index contributed by atoms with van der Waals surface area (Å²) in [6.07, 6.45) is 3.28. The molecular formula is C11H19NO3. The molecule has 1 rings (SSSR count). The summed E-state index contributed by atoms with van der Waals surface area (Å²) in [7, 11) is 0. The van der Waals surface area contributed by atoms with Gasteiger partial charge in [0.25, 0.3) is 0 Å². The lowest BCUT2D eigenvalue weighted by Crippen LogP contribution is -2.36. The van der Waals surface area contributed by atoms with E-state index in [-0.39, 0.29) is 6.61 Å². The lowest BCUT2D eigenvalue weighted by atomic mass is 10.0. The van der Waals surface area contributed by atoms with E-state index in [1.807, 2.05) is 0 Å². The normalized spacial score (nSPS) is 20.4. The fourth-order valence-electron chi connectivity index (χ4n) is 1.98. The second-order valence-corrected chi connectivity index (χ2v) is 3.92. The Kier molecular flexibility index (Phi) is 4.59. The highest BCUT2D eigenvalue weighted by Gasteiger charge is 2.30. The fraction of sp³-hybridized carbons (Fsp3) is 0.818. The summed E-state index contributed by atoms with van der Waals surface area (Å²) in [5.41, 5.74) is 0. The van der Waals surface area contributed by atoms with E-state index in [1.165, 1.54) is 0 Å². The Labute approximate surface area is 90.6 Å². The first-order valence-electron chi connectivity index (χ1n) is 5.65. The van der Waals surface area contributed by atoms with Gasteiger partial charge in [0.1, 0.15) is 0 Å². The van der Waals surface area contributed by atoms with Crippen LogP contribution >= 0.6 is 0 Å². The van der Waals surface area contributed by atoms with Crippen LogP contribution in [-0.4, -0.2) is 36.5 Å². The number of rotatable bonds is 3. The number of carbonyl (C=O) groups excluding carboxylic acids is 2. The first kappa shape index (κ1) is 12.0. The van der Waals surface area contributed by atoms with Crippen molar-refractivity contribution in [3.8, 4) is 0 Å². The summed E-state index contributed by atoms with van der Waals surface area (Å²) >= 11 is 0. The standard InChI is InChI=1S/C11H19NO3/c1-3-5-9-6-7-12(8-9)10(13)11(14)15-4-2/h9H,3-8H2,1-2H3. The van der Waals surface area contributed by atoms with Crippen LogP contribution in [0.3, 0.4) is 0 Å². The average molecular weight is 213 g/mol. The molecular weight excluding hydrogens is 194 g/mol. The molecule has 0 saturated carbocycles. The molecule has 1 aliphatic heterocycles. The van der Waals surface area contributed by atoms with E-state index >= 15 is 0 Å². The van der Waals surface area contributed by atoms with Gasteiger partial charge in [-0.25, -0.2) is 4.79 Å². The predicted octanol–water partition coefficient (Wildman–Crippen LogP) is 1.20. The van der Waals surface area contributed by atoms with Crippen LogP contribution in [0, 0.1) is 5.92 Å². The third-order valence-electron chi connectivity index (χ3n) is 2.72. The Bertz CT molecular complexity index is 240. The van der Waals surface area contributed by atoms with Crippen molar-refractivity contribution >= 4 is 11.9 Å². The third kappa shape index (κ3) is 3.22. The molecule has 4 nitrogen and oxygen atoms in total. The fourth-order valence-corrected chi connectivity index (χ4v) is 1.98. The zero-order valence-electron chi connectivity index (χ0n) is 9.49. The van der Waals surface area contributed by atoms with Crippen LogP contribution in [0.25, 0.3) is 0 Å². The maximum absolute atomic E-state index is 11.5. The molecule has 1 atom stereocenters. The molecule has 0 spiro atoms. The van der Waals surface area contributed by atoms with Gasteiger partial charge in [0.15, 0.2) is 0 Å². The predicted molar refractivity (Wildman–Crippen MR) is 56.2 cm³/mol. The van der Waals surface area contributed by atoms with Crippen molar-refractivity contribution in [3.63, 3.8) is 0 Å². The van der Waals surface area contributed by atoms with E-state index in [2.05, 4.69) is 11.7 Å². The summed E-state index contributed by atoms with van der Waals surface area (Å²) in [4.78, 5) is 24.3. The lowest BCUT2D eigenvalue weighted by Gasteiger charge is -2.14. The minimum absolute atomic E-state index is 0.261. The van der Waals surface area contributed by atoms with Gasteiger partial charge >= 0.3 is 11.9 Å². The zero-order chi connectivity index (χ0) is 11.3. The van der Waals surface area contributed by atoms with Crippen LogP contribution < -0.4 is 0 Å². The molecule has 1 unspecified atom stereocenters. The number of carbonyl (C=O) groups is 2. The molecule has 1 fully saturated rings. The summed E-state index contributed by atoms with van der Waals surface area (Å²) in [5, 5.41) is 0. The van der Waals surface area contributed by atoms with Gasteiger partial charge in [-0.2, -0.15) is 0 Å². The summed E-state index contributed by atoms with van der Waals surface area (Å²) < 4.78 is 4.68. The zero-order valence-corrected chi connectivity index (χ0v) is 9.49. The third-order valence-corrected chi connectivity index (χ3v) is 2.72. The van der Waals surface area contributed by atoms with Crippen molar-refractivity contribution in [2.45, 2.75) is 33.1 Å². The molecule has 0 radical (unpaired) electrons. The lowest BCUT2D eigenvalue weighted by molar-refractivity contribution is -0.159. The van der Waals surface area contributed by atoms with Crippen molar-refractivity contribution in [2.75, 3.05) is 19.7 Å². The van der Waals surface area contributed by atoms with Crippen molar-refractivity contribution in [1.82, 2.24) is 4.90 Å². The molecule has 15 heavy (non-hydrogen) atoms. The molecule has 1 heterocycles. The second-order valence-electron chi connectivity index (χ2n) is 3.92. The molecule has 0 bridgehead atoms. The Morgan fingerprint density at radius 1 is 1.40 bits per heavy atom. The first-order chi connectivity index (χ1) is 7.19. The van der Waals surface area contributed by atoms with Gasteiger partial charge in [-0.15, -0.1) is 0 Å². The van der Waals surface area contributed by atoms with Crippen molar-refractivity contribution in [2.24, 2.45) is 5.92 Å². The molecule has 1 amide bonds. The van der Waals surface area contributed by atoms with Gasteiger partial charge in [0.05, 0.1) is 6.61 Å². The van der Waals surface area contributed by atoms with Crippen LogP contribution in [-0.2, 0) is 14.3 Å². The molecule has 0 aromatic rings. The average Bonchev–Trinajstić information content (AvgIpc) is 2.66. The van der Waals surface area contributed by atoms with Gasteiger partial charge in [0, 0.05) is 13.1 Å². The monoisotopic (exact) mass is 213 g/mol. The number of esters is 1. The summed E-state index contributed by atoms with van der Waals surface area (Å²) in [6, 6.07) is 0. The van der Waals surface area contributed by atoms with Crippen LogP contribution in [0.5, 0.6) is 0 Å². The molecule has 4 heteroatoms. The molecule has 1 aliphatic rings. The highest BCUT2D eigenvalue weighted by Crippen LogP contribution is 2.20. The van der Waals surface area contributed by atoms with Gasteiger partial charge in [-0.1, -0.05) is 13.3 Å². The quantitative estimate of drug-likeness (QED) is 0.522. The Balaban J connectivity index is 2.39. The number of ether oxygens (including phenoxy) is 1. The van der Waals surface area contributed by atoms with Crippen molar-refractivity contribution < 1.29 is 14.3 Å². The largest absolute Gasteiger partial charge is 0.459 e. The van der Waals surface area contributed by atoms with E-state index in [0.717, 1.165) is 19.3 Å². The van der Waals surface area contributed by atoms with Crippen LogP contribution in [0.4, 0.5) is 0 Å². The van der Waals surface area contributed by atoms with Gasteiger partial charge in [-0.3, -0.25) is 4.79 Å².